The third-order valence-corrected chi connectivity index (χ3v) is 5.92. The number of hydrogen-bond acceptors (Lipinski definition) is 3. The number of aromatic nitrogens is 3. The molecule has 140 valence electrons. The van der Waals surface area contributed by atoms with Gasteiger partial charge in [0.25, 0.3) is 5.91 Å². The first-order chi connectivity index (χ1) is 13.3. The lowest BCUT2D eigenvalue weighted by molar-refractivity contribution is 0.0732. The van der Waals surface area contributed by atoms with E-state index in [0.717, 1.165) is 42.0 Å². The molecule has 3 aromatic rings. The van der Waals surface area contributed by atoms with Crippen molar-refractivity contribution in [2.24, 2.45) is 0 Å². The number of benzene rings is 1. The van der Waals surface area contributed by atoms with Crippen LogP contribution in [0, 0.1) is 0 Å². The molecule has 0 atom stereocenters. The number of fused-ring (bicyclic) bond motifs is 2. The van der Waals surface area contributed by atoms with Crippen molar-refractivity contribution in [2.75, 3.05) is 19.6 Å². The summed E-state index contributed by atoms with van der Waals surface area (Å²) in [6.45, 7) is 4.69. The summed E-state index contributed by atoms with van der Waals surface area (Å²) in [6.07, 6.45) is 8.59. The minimum atomic E-state index is 0.0873. The maximum absolute atomic E-state index is 13.0. The molecule has 0 spiro atoms. The molecule has 2 aliphatic rings. The quantitative estimate of drug-likeness (QED) is 0.751. The second kappa shape index (κ2) is 6.85. The van der Waals surface area contributed by atoms with Gasteiger partial charge in [0.2, 0.25) is 0 Å². The average Bonchev–Trinajstić information content (AvgIpc) is 3.34. The molecular formula is C21H25N5O. The number of H-pyrrole nitrogens is 2. The number of nitrogens with zero attached hydrogens (tertiary/aromatic N) is 3. The monoisotopic (exact) mass is 363 g/mol. The van der Waals surface area contributed by atoms with Gasteiger partial charge in [-0.2, -0.15) is 0 Å². The minimum absolute atomic E-state index is 0.0873. The Hall–Kier alpha value is -2.60. The highest BCUT2D eigenvalue weighted by Crippen LogP contribution is 2.24. The van der Waals surface area contributed by atoms with Crippen molar-refractivity contribution in [3.05, 3.63) is 53.2 Å². The molecule has 0 bridgehead atoms. The van der Waals surface area contributed by atoms with E-state index < -0.39 is 0 Å². The van der Waals surface area contributed by atoms with Crippen molar-refractivity contribution in [2.45, 2.75) is 38.8 Å². The summed E-state index contributed by atoms with van der Waals surface area (Å²) in [6, 6.07) is 6.07. The number of nitrogens with one attached hydrogen (secondary N) is 2. The Bertz CT molecular complexity index is 966. The first kappa shape index (κ1) is 16.6. The smallest absolute Gasteiger partial charge is 0.254 e. The lowest BCUT2D eigenvalue weighted by atomic mass is 10.1. The molecule has 6 nitrogen and oxygen atoms in total. The second-order valence-corrected chi connectivity index (χ2v) is 7.72. The summed E-state index contributed by atoms with van der Waals surface area (Å²) in [5.74, 6) is 0.0873. The lowest BCUT2D eigenvalue weighted by Crippen LogP contribution is -2.36. The molecule has 1 fully saturated rings. The van der Waals surface area contributed by atoms with Crippen LogP contribution in [0.3, 0.4) is 0 Å². The zero-order valence-corrected chi connectivity index (χ0v) is 15.5. The first-order valence-electron chi connectivity index (χ1n) is 9.91. The molecule has 0 unspecified atom stereocenters. The summed E-state index contributed by atoms with van der Waals surface area (Å²) in [4.78, 5) is 28.2. The zero-order valence-electron chi connectivity index (χ0n) is 15.5. The van der Waals surface area contributed by atoms with Crippen molar-refractivity contribution in [3.8, 4) is 0 Å². The molecule has 1 aromatic carbocycles. The van der Waals surface area contributed by atoms with E-state index in [0.29, 0.717) is 6.54 Å². The van der Waals surface area contributed by atoms with Crippen LogP contribution >= 0.6 is 0 Å². The maximum atomic E-state index is 13.0. The van der Waals surface area contributed by atoms with Gasteiger partial charge >= 0.3 is 0 Å². The van der Waals surface area contributed by atoms with E-state index >= 15 is 0 Å². The van der Waals surface area contributed by atoms with Crippen LogP contribution in [0.25, 0.3) is 10.9 Å². The number of rotatable bonds is 3. The van der Waals surface area contributed by atoms with E-state index in [2.05, 4.69) is 32.1 Å². The largest absolute Gasteiger partial charge is 0.361 e. The van der Waals surface area contributed by atoms with Gasteiger partial charge in [-0.3, -0.25) is 9.69 Å². The first-order valence-corrected chi connectivity index (χ1v) is 9.91. The Kier molecular flexibility index (Phi) is 4.20. The molecule has 0 aliphatic carbocycles. The molecule has 6 heteroatoms. The van der Waals surface area contributed by atoms with E-state index in [1.807, 2.05) is 17.0 Å². The summed E-state index contributed by atoms with van der Waals surface area (Å²) >= 11 is 0. The van der Waals surface area contributed by atoms with E-state index in [1.165, 1.54) is 43.3 Å². The molecule has 1 amide bonds. The highest BCUT2D eigenvalue weighted by atomic mass is 16.2. The van der Waals surface area contributed by atoms with E-state index in [4.69, 9.17) is 0 Å². The minimum Gasteiger partial charge on any atom is -0.361 e. The van der Waals surface area contributed by atoms with Crippen molar-refractivity contribution in [3.63, 3.8) is 0 Å². The van der Waals surface area contributed by atoms with E-state index in [9.17, 15) is 4.79 Å². The number of aromatic amines is 2. The Labute approximate surface area is 158 Å². The lowest BCUT2D eigenvalue weighted by Gasteiger charge is -2.26. The number of hydrogen-bond donors (Lipinski definition) is 2. The predicted octanol–water partition coefficient (Wildman–Crippen LogP) is 3.08. The molecule has 0 radical (unpaired) electrons. The van der Waals surface area contributed by atoms with Crippen LogP contribution in [0.2, 0.25) is 0 Å². The van der Waals surface area contributed by atoms with Crippen LogP contribution in [0.1, 0.15) is 46.6 Å². The molecule has 2 aromatic heterocycles. The molecule has 0 saturated carbocycles. The van der Waals surface area contributed by atoms with Crippen LogP contribution in [0.5, 0.6) is 0 Å². The standard InChI is InChI=1S/C21H25N5O/c27-21(26-9-6-18-20(13-26)24-14-23-18)15-4-5-17-16(11-22-19(17)10-15)12-25-7-2-1-3-8-25/h4-5,10-11,14,22H,1-3,6-9,12-13H2,(H,23,24). The number of imidazole rings is 1. The summed E-state index contributed by atoms with van der Waals surface area (Å²) in [5, 5.41) is 1.23. The van der Waals surface area contributed by atoms with Gasteiger partial charge in [0.15, 0.2) is 0 Å². The van der Waals surface area contributed by atoms with Crippen molar-refractivity contribution < 1.29 is 4.79 Å². The number of carbonyl (C=O) groups is 1. The van der Waals surface area contributed by atoms with Gasteiger partial charge in [0.1, 0.15) is 0 Å². The highest BCUT2D eigenvalue weighted by Gasteiger charge is 2.23. The van der Waals surface area contributed by atoms with Crippen molar-refractivity contribution in [1.29, 1.82) is 0 Å². The highest BCUT2D eigenvalue weighted by molar-refractivity contribution is 5.98. The summed E-state index contributed by atoms with van der Waals surface area (Å²) in [5.41, 5.74) is 5.26. The van der Waals surface area contributed by atoms with Crippen molar-refractivity contribution in [1.82, 2.24) is 24.8 Å². The normalized spacial score (nSPS) is 18.0. The molecule has 4 heterocycles. The Morgan fingerprint density at radius 1 is 1.11 bits per heavy atom. The van der Waals surface area contributed by atoms with Gasteiger partial charge in [0, 0.05) is 42.2 Å². The van der Waals surface area contributed by atoms with Crippen LogP contribution in [-0.2, 0) is 19.5 Å². The van der Waals surface area contributed by atoms with E-state index in [1.54, 1.807) is 6.33 Å². The number of carbonyl (C=O) groups excluding carboxylic acids is 1. The third kappa shape index (κ3) is 3.14. The van der Waals surface area contributed by atoms with Gasteiger partial charge in [0.05, 0.1) is 24.3 Å². The van der Waals surface area contributed by atoms with Crippen molar-refractivity contribution >= 4 is 16.8 Å². The summed E-state index contributed by atoms with van der Waals surface area (Å²) in [7, 11) is 0. The SMILES string of the molecule is O=C(c1ccc2c(CN3CCCCC3)c[nH]c2c1)N1CCc2nc[nH]c2C1. The van der Waals surface area contributed by atoms with Gasteiger partial charge in [-0.25, -0.2) is 4.98 Å². The third-order valence-electron chi connectivity index (χ3n) is 5.92. The topological polar surface area (TPSA) is 68.0 Å². The molecule has 1 saturated heterocycles. The van der Waals surface area contributed by atoms with Crippen LogP contribution < -0.4 is 0 Å². The average molecular weight is 363 g/mol. The van der Waals surface area contributed by atoms with Crippen LogP contribution in [0.4, 0.5) is 0 Å². The number of likely N-dealkylation sites (tertiary alicyclic amines) is 1. The molecule has 5 rings (SSSR count). The predicted molar refractivity (Wildman–Crippen MR) is 104 cm³/mol. The fourth-order valence-corrected chi connectivity index (χ4v) is 4.38. The Morgan fingerprint density at radius 3 is 2.89 bits per heavy atom. The summed E-state index contributed by atoms with van der Waals surface area (Å²) < 4.78 is 0. The van der Waals surface area contributed by atoms with Crippen LogP contribution in [-0.4, -0.2) is 50.3 Å². The Morgan fingerprint density at radius 2 is 2.00 bits per heavy atom. The molecule has 2 N–H and O–H groups in total. The van der Waals surface area contributed by atoms with Gasteiger partial charge in [-0.05, 0) is 43.6 Å². The Balaban J connectivity index is 1.35. The van der Waals surface area contributed by atoms with Crippen LogP contribution in [0.15, 0.2) is 30.7 Å². The number of piperidine rings is 1. The second-order valence-electron chi connectivity index (χ2n) is 7.72. The number of amides is 1. The fourth-order valence-electron chi connectivity index (χ4n) is 4.38. The molecule has 2 aliphatic heterocycles. The maximum Gasteiger partial charge on any atom is 0.254 e. The fraction of sp³-hybridized carbons (Fsp3) is 0.429. The van der Waals surface area contributed by atoms with Gasteiger partial charge in [-0.1, -0.05) is 12.5 Å². The van der Waals surface area contributed by atoms with E-state index in [-0.39, 0.29) is 5.91 Å². The zero-order chi connectivity index (χ0) is 18.2. The molecule has 27 heavy (non-hydrogen) atoms. The van der Waals surface area contributed by atoms with Gasteiger partial charge in [-0.15, -0.1) is 0 Å². The van der Waals surface area contributed by atoms with Gasteiger partial charge < -0.3 is 14.9 Å². The molecular weight excluding hydrogens is 338 g/mol.